The number of hydrogen-bond donors (Lipinski definition) is 1. The zero-order valence-electron chi connectivity index (χ0n) is 14.7. The molecule has 0 spiro atoms. The number of para-hydroxylation sites is 1. The fourth-order valence-electron chi connectivity index (χ4n) is 2.76. The fraction of sp³-hybridized carbons (Fsp3) is 0.0909. The number of nitrogens with one attached hydrogen (secondary N) is 1. The van der Waals surface area contributed by atoms with Gasteiger partial charge in [0.2, 0.25) is 0 Å². The molecular weight excluding hydrogens is 367 g/mol. The predicted molar refractivity (Wildman–Crippen MR) is 100 cm³/mol. The molecule has 3 aromatic rings. The average Bonchev–Trinajstić information content (AvgIpc) is 2.68. The lowest BCUT2D eigenvalue weighted by molar-refractivity contribution is -0.137. The number of carbonyl (C=O) groups is 2. The van der Waals surface area contributed by atoms with Gasteiger partial charge in [0.1, 0.15) is 0 Å². The van der Waals surface area contributed by atoms with Crippen LogP contribution < -0.4 is 5.32 Å². The molecule has 6 heteroatoms. The lowest BCUT2D eigenvalue weighted by Crippen LogP contribution is -2.15. The van der Waals surface area contributed by atoms with Crippen LogP contribution in [0.5, 0.6) is 0 Å². The molecule has 0 atom stereocenters. The molecular formula is C22H16F3NO2. The number of ketones is 1. The van der Waals surface area contributed by atoms with E-state index in [1.54, 1.807) is 48.5 Å². The van der Waals surface area contributed by atoms with Crippen molar-refractivity contribution in [2.75, 3.05) is 5.32 Å². The predicted octanol–water partition coefficient (Wildman–Crippen LogP) is 5.38. The lowest BCUT2D eigenvalue weighted by atomic mass is 10.00. The summed E-state index contributed by atoms with van der Waals surface area (Å²) in [6.07, 6.45) is -4.68. The molecule has 3 nitrogen and oxygen atoms in total. The van der Waals surface area contributed by atoms with Gasteiger partial charge in [-0.2, -0.15) is 13.2 Å². The largest absolute Gasteiger partial charge is 0.416 e. The highest BCUT2D eigenvalue weighted by molar-refractivity contribution is 6.09. The van der Waals surface area contributed by atoms with Crippen molar-refractivity contribution in [2.24, 2.45) is 0 Å². The van der Waals surface area contributed by atoms with Gasteiger partial charge in [-0.05, 0) is 35.9 Å². The van der Waals surface area contributed by atoms with E-state index in [2.05, 4.69) is 5.32 Å². The van der Waals surface area contributed by atoms with Gasteiger partial charge in [0.05, 0.1) is 11.3 Å². The van der Waals surface area contributed by atoms with Crippen molar-refractivity contribution >= 4 is 17.4 Å². The van der Waals surface area contributed by atoms with E-state index in [1.807, 2.05) is 0 Å². The first kappa shape index (κ1) is 19.4. The first-order valence-corrected chi connectivity index (χ1v) is 8.49. The molecule has 28 heavy (non-hydrogen) atoms. The summed E-state index contributed by atoms with van der Waals surface area (Å²) in [7, 11) is 0. The Morgan fingerprint density at radius 2 is 1.50 bits per heavy atom. The number of halogens is 3. The molecule has 0 fully saturated rings. The number of benzene rings is 3. The van der Waals surface area contributed by atoms with Crippen molar-refractivity contribution in [2.45, 2.75) is 12.6 Å². The molecule has 0 saturated heterocycles. The maximum absolute atomic E-state index is 12.9. The molecule has 0 heterocycles. The van der Waals surface area contributed by atoms with Crippen LogP contribution in [0.3, 0.4) is 0 Å². The number of carbonyl (C=O) groups excluding carboxylic acids is 2. The van der Waals surface area contributed by atoms with Gasteiger partial charge in [-0.3, -0.25) is 9.59 Å². The van der Waals surface area contributed by atoms with Crippen LogP contribution in [0.4, 0.5) is 18.9 Å². The van der Waals surface area contributed by atoms with Crippen LogP contribution in [0.15, 0.2) is 78.9 Å². The Balaban J connectivity index is 1.81. The smallest absolute Gasteiger partial charge is 0.321 e. The van der Waals surface area contributed by atoms with Gasteiger partial charge in [0.25, 0.3) is 5.91 Å². The quantitative estimate of drug-likeness (QED) is 0.601. The van der Waals surface area contributed by atoms with Gasteiger partial charge in [-0.15, -0.1) is 0 Å². The van der Waals surface area contributed by atoms with Crippen LogP contribution >= 0.6 is 0 Å². The highest BCUT2D eigenvalue weighted by Crippen LogP contribution is 2.30. The number of hydrogen-bond acceptors (Lipinski definition) is 2. The zero-order valence-corrected chi connectivity index (χ0v) is 14.7. The van der Waals surface area contributed by atoms with Crippen LogP contribution in [0.1, 0.15) is 31.8 Å². The van der Waals surface area contributed by atoms with Crippen LogP contribution in [-0.2, 0) is 12.6 Å². The molecule has 1 N–H and O–H groups in total. The number of Topliss-reactive ketones (excluding diaryl/α,β-unsaturated/α-hetero) is 1. The number of amides is 1. The summed E-state index contributed by atoms with van der Waals surface area (Å²) in [6, 6.07) is 19.6. The molecule has 3 aromatic carbocycles. The van der Waals surface area contributed by atoms with E-state index in [4.69, 9.17) is 0 Å². The minimum Gasteiger partial charge on any atom is -0.321 e. The molecule has 0 unspecified atom stereocenters. The van der Waals surface area contributed by atoms with Gasteiger partial charge in [-0.1, -0.05) is 48.5 Å². The van der Waals surface area contributed by atoms with Gasteiger partial charge < -0.3 is 5.32 Å². The van der Waals surface area contributed by atoms with Crippen LogP contribution in [0, 0.1) is 0 Å². The molecule has 0 saturated carbocycles. The summed E-state index contributed by atoms with van der Waals surface area (Å²) in [5.41, 5.74) is 0.438. The van der Waals surface area contributed by atoms with Crippen molar-refractivity contribution in [1.82, 2.24) is 0 Å². The molecule has 142 valence electrons. The summed E-state index contributed by atoms with van der Waals surface area (Å²) in [5.74, 6) is -0.761. The highest BCUT2D eigenvalue weighted by Gasteiger charge is 2.30. The molecule has 0 aliphatic rings. The Hall–Kier alpha value is -3.41. The maximum atomic E-state index is 12.9. The van der Waals surface area contributed by atoms with Crippen molar-refractivity contribution in [1.29, 1.82) is 0 Å². The second-order valence-electron chi connectivity index (χ2n) is 6.16. The number of alkyl halides is 3. The molecule has 0 radical (unpaired) electrons. The maximum Gasteiger partial charge on any atom is 0.416 e. The van der Waals surface area contributed by atoms with Gasteiger partial charge in [0.15, 0.2) is 5.78 Å². The molecule has 3 rings (SSSR count). The van der Waals surface area contributed by atoms with Crippen molar-refractivity contribution in [3.8, 4) is 0 Å². The van der Waals surface area contributed by atoms with E-state index < -0.39 is 11.7 Å². The van der Waals surface area contributed by atoms with Crippen LogP contribution in [0.25, 0.3) is 0 Å². The van der Waals surface area contributed by atoms with E-state index in [0.717, 1.165) is 12.1 Å². The average molecular weight is 383 g/mol. The topological polar surface area (TPSA) is 46.2 Å². The van der Waals surface area contributed by atoms with E-state index in [0.29, 0.717) is 11.3 Å². The fourth-order valence-corrected chi connectivity index (χ4v) is 2.76. The summed E-state index contributed by atoms with van der Waals surface area (Å²) >= 11 is 0. The van der Waals surface area contributed by atoms with Crippen LogP contribution in [0.2, 0.25) is 0 Å². The molecule has 0 aliphatic carbocycles. The Morgan fingerprint density at radius 1 is 0.821 bits per heavy atom. The Labute approximate surface area is 159 Å². The summed E-state index contributed by atoms with van der Waals surface area (Å²) in [5, 5.41) is 2.69. The van der Waals surface area contributed by atoms with Gasteiger partial charge in [-0.25, -0.2) is 0 Å². The minimum atomic E-state index is -4.47. The minimum absolute atomic E-state index is 0.206. The third-order valence-corrected chi connectivity index (χ3v) is 4.13. The summed E-state index contributed by atoms with van der Waals surface area (Å²) in [6.45, 7) is 0. The molecule has 0 bridgehead atoms. The van der Waals surface area contributed by atoms with Crippen molar-refractivity contribution in [3.63, 3.8) is 0 Å². The van der Waals surface area contributed by atoms with Crippen molar-refractivity contribution < 1.29 is 22.8 Å². The van der Waals surface area contributed by atoms with E-state index in [-0.39, 0.29) is 29.2 Å². The summed E-state index contributed by atoms with van der Waals surface area (Å²) in [4.78, 5) is 25.0. The monoisotopic (exact) mass is 383 g/mol. The van der Waals surface area contributed by atoms with E-state index in [9.17, 15) is 22.8 Å². The Morgan fingerprint density at radius 3 is 2.21 bits per heavy atom. The second kappa shape index (κ2) is 8.08. The number of anilines is 1. The van der Waals surface area contributed by atoms with E-state index >= 15 is 0 Å². The SMILES string of the molecule is O=C(Nc1ccccc1C(=O)Cc1cccc(C(F)(F)F)c1)c1ccccc1. The third kappa shape index (κ3) is 4.65. The van der Waals surface area contributed by atoms with Crippen molar-refractivity contribution in [3.05, 3.63) is 101 Å². The van der Waals surface area contributed by atoms with Gasteiger partial charge in [0, 0.05) is 17.5 Å². The summed E-state index contributed by atoms with van der Waals surface area (Å²) < 4.78 is 38.6. The molecule has 1 amide bonds. The lowest BCUT2D eigenvalue weighted by Gasteiger charge is -2.12. The first-order valence-electron chi connectivity index (χ1n) is 8.49. The highest BCUT2D eigenvalue weighted by atomic mass is 19.4. The van der Waals surface area contributed by atoms with Crippen LogP contribution in [-0.4, -0.2) is 11.7 Å². The standard InChI is InChI=1S/C22H16F3NO2/c23-22(24,25)17-10-6-7-15(13-17)14-20(27)18-11-4-5-12-19(18)26-21(28)16-8-2-1-3-9-16/h1-13H,14H2,(H,26,28). The van der Waals surface area contributed by atoms with Gasteiger partial charge >= 0.3 is 6.18 Å². The molecule has 0 aromatic heterocycles. The normalized spacial score (nSPS) is 11.1. The third-order valence-electron chi connectivity index (χ3n) is 4.13. The second-order valence-corrected chi connectivity index (χ2v) is 6.16. The first-order chi connectivity index (χ1) is 13.3. The molecule has 0 aliphatic heterocycles. The zero-order chi connectivity index (χ0) is 20.1. The Bertz CT molecular complexity index is 998. The Kier molecular flexibility index (Phi) is 5.59. The van der Waals surface area contributed by atoms with E-state index in [1.165, 1.54) is 18.2 Å². The number of rotatable bonds is 5.